The molecule has 2 aromatic heterocycles. The van der Waals surface area contributed by atoms with Gasteiger partial charge in [0, 0.05) is 11.6 Å². The lowest BCUT2D eigenvalue weighted by Crippen LogP contribution is -2.77. The molecule has 3 aliphatic rings. The van der Waals surface area contributed by atoms with Gasteiger partial charge in [-0.1, -0.05) is 16.7 Å². The highest BCUT2D eigenvalue weighted by Crippen LogP contribution is 2.67. The van der Waals surface area contributed by atoms with E-state index in [2.05, 4.69) is 20.5 Å². The third kappa shape index (κ3) is 4.13. The molecule has 3 saturated carbocycles. The molecule has 8 nitrogen and oxygen atoms in total. The van der Waals surface area contributed by atoms with Crippen molar-refractivity contribution in [2.24, 2.45) is 0 Å². The second-order valence-electron chi connectivity index (χ2n) is 8.36. The molecule has 178 valence electrons. The molecule has 0 radical (unpaired) electrons. The van der Waals surface area contributed by atoms with Crippen LogP contribution in [0.3, 0.4) is 0 Å². The van der Waals surface area contributed by atoms with Crippen LogP contribution in [0.2, 0.25) is 5.02 Å². The van der Waals surface area contributed by atoms with Gasteiger partial charge in [0.25, 0.3) is 5.91 Å². The van der Waals surface area contributed by atoms with Gasteiger partial charge in [-0.3, -0.25) is 4.79 Å². The van der Waals surface area contributed by atoms with Crippen LogP contribution in [0.25, 0.3) is 0 Å². The predicted octanol–water partition coefficient (Wildman–Crippen LogP) is 4.44. The number of carbonyl (C=O) groups is 1. The van der Waals surface area contributed by atoms with Crippen LogP contribution in [-0.4, -0.2) is 33.2 Å². The molecule has 6 rings (SSSR count). The molecule has 0 saturated heterocycles. The summed E-state index contributed by atoms with van der Waals surface area (Å²) in [5.41, 5.74) is -1.84. The lowest BCUT2D eigenvalue weighted by atomic mass is 9.39. The maximum Gasteiger partial charge on any atom is 0.433 e. The van der Waals surface area contributed by atoms with Crippen LogP contribution in [0.15, 0.2) is 40.9 Å². The fourth-order valence-electron chi connectivity index (χ4n) is 4.37. The lowest BCUT2D eigenvalue weighted by Gasteiger charge is -2.68. The Bertz CT molecular complexity index is 1230. The number of rotatable bonds is 7. The van der Waals surface area contributed by atoms with E-state index in [4.69, 9.17) is 25.5 Å². The number of alkyl halides is 3. The first kappa shape index (κ1) is 22.4. The van der Waals surface area contributed by atoms with Crippen LogP contribution in [-0.2, 0) is 16.4 Å². The van der Waals surface area contributed by atoms with Crippen molar-refractivity contribution in [3.63, 3.8) is 0 Å². The van der Waals surface area contributed by atoms with Crippen LogP contribution < -0.4 is 14.8 Å². The molecule has 34 heavy (non-hydrogen) atoms. The third-order valence-corrected chi connectivity index (χ3v) is 6.09. The smallest absolute Gasteiger partial charge is 0.433 e. The summed E-state index contributed by atoms with van der Waals surface area (Å²) in [6.07, 6.45) is -2.13. The summed E-state index contributed by atoms with van der Waals surface area (Å²) in [6, 6.07) is 5.79. The van der Waals surface area contributed by atoms with E-state index >= 15 is 0 Å². The van der Waals surface area contributed by atoms with Gasteiger partial charge in [-0.15, -0.1) is 5.10 Å². The molecule has 1 amide bonds. The Hall–Kier alpha value is -3.41. The van der Waals surface area contributed by atoms with Gasteiger partial charge < -0.3 is 19.2 Å². The largest absolute Gasteiger partial charge is 0.484 e. The molecule has 13 heteroatoms. The lowest BCUT2D eigenvalue weighted by molar-refractivity contribution is -0.143. The molecular formula is C21H15ClF4N4O4. The zero-order valence-electron chi connectivity index (χ0n) is 17.2. The van der Waals surface area contributed by atoms with Crippen molar-refractivity contribution in [2.75, 3.05) is 6.61 Å². The van der Waals surface area contributed by atoms with E-state index in [9.17, 15) is 22.4 Å². The monoisotopic (exact) mass is 498 g/mol. The Balaban J connectivity index is 1.12. The molecule has 0 aliphatic heterocycles. The van der Waals surface area contributed by atoms with E-state index in [-0.39, 0.29) is 40.5 Å². The maximum atomic E-state index is 13.4. The average Bonchev–Trinajstić information content (AvgIpc) is 3.18. The molecule has 3 fully saturated rings. The summed E-state index contributed by atoms with van der Waals surface area (Å²) in [5.74, 6) is -0.462. The van der Waals surface area contributed by atoms with E-state index in [1.807, 2.05) is 0 Å². The summed E-state index contributed by atoms with van der Waals surface area (Å²) in [5, 5.41) is 10.6. The van der Waals surface area contributed by atoms with Gasteiger partial charge in [0.1, 0.15) is 17.3 Å². The number of amides is 1. The number of hydrogen-bond donors (Lipinski definition) is 1. The van der Waals surface area contributed by atoms with Crippen molar-refractivity contribution in [1.82, 2.24) is 20.5 Å². The molecule has 3 aliphatic carbocycles. The number of carbonyl (C=O) groups excluding carboxylic acids is 1. The fourth-order valence-corrected chi connectivity index (χ4v) is 4.49. The first-order chi connectivity index (χ1) is 16.1. The second kappa shape index (κ2) is 7.83. The summed E-state index contributed by atoms with van der Waals surface area (Å²) in [6.45, 7) is -0.282. The highest BCUT2D eigenvalue weighted by Gasteiger charge is 2.71. The molecule has 2 heterocycles. The third-order valence-electron chi connectivity index (χ3n) is 5.79. The zero-order chi connectivity index (χ0) is 24.1. The molecule has 0 atom stereocenters. The van der Waals surface area contributed by atoms with Crippen molar-refractivity contribution < 1.29 is 36.2 Å². The van der Waals surface area contributed by atoms with E-state index in [0.29, 0.717) is 25.2 Å². The predicted molar refractivity (Wildman–Crippen MR) is 107 cm³/mol. The number of halogens is 5. The fraction of sp³-hybridized carbons (Fsp3) is 0.333. The molecule has 1 aromatic carbocycles. The number of hydrogen-bond acceptors (Lipinski definition) is 7. The molecule has 2 bridgehead atoms. The topological polar surface area (TPSA) is 99.4 Å². The zero-order valence-corrected chi connectivity index (χ0v) is 17.9. The number of nitrogens with zero attached hydrogens (tertiary/aromatic N) is 3. The van der Waals surface area contributed by atoms with Crippen LogP contribution in [0.4, 0.5) is 17.6 Å². The van der Waals surface area contributed by atoms with E-state index in [1.165, 1.54) is 12.1 Å². The summed E-state index contributed by atoms with van der Waals surface area (Å²) >= 11 is 5.61. The van der Waals surface area contributed by atoms with Crippen LogP contribution in [0.5, 0.6) is 17.6 Å². The average molecular weight is 499 g/mol. The number of ether oxygens (including phenoxy) is 2. The van der Waals surface area contributed by atoms with Crippen molar-refractivity contribution >= 4 is 17.5 Å². The van der Waals surface area contributed by atoms with Crippen molar-refractivity contribution in [3.05, 3.63) is 59.0 Å². The standard InChI is InChI=1S/C21H15ClF4N4O4/c22-13-3-1-11(5-14(13)23)32-7-16(31)28-20-8-19(9-20,10-20)17-29-30-18(34-17)33-12-2-4-15(27-6-12)21(24,25)26/h1-6H,7-10H2,(H,28,31). The molecular weight excluding hydrogens is 484 g/mol. The van der Waals surface area contributed by atoms with Gasteiger partial charge in [0.2, 0.25) is 5.89 Å². The highest BCUT2D eigenvalue weighted by molar-refractivity contribution is 6.30. The van der Waals surface area contributed by atoms with Crippen molar-refractivity contribution in [1.29, 1.82) is 0 Å². The molecule has 3 aromatic rings. The first-order valence-corrected chi connectivity index (χ1v) is 10.4. The SMILES string of the molecule is O=C(COc1ccc(Cl)c(F)c1)NC12CC(c3nnc(Oc4ccc(C(F)(F)F)nc4)o3)(C1)C2. The van der Waals surface area contributed by atoms with Gasteiger partial charge in [-0.2, -0.15) is 13.2 Å². The van der Waals surface area contributed by atoms with Crippen LogP contribution >= 0.6 is 11.6 Å². The van der Waals surface area contributed by atoms with Crippen LogP contribution in [0.1, 0.15) is 30.8 Å². The Morgan fingerprint density at radius 1 is 1.15 bits per heavy atom. The normalized spacial score (nSPS) is 23.0. The van der Waals surface area contributed by atoms with Crippen molar-refractivity contribution in [3.8, 4) is 17.6 Å². The van der Waals surface area contributed by atoms with Crippen LogP contribution in [0, 0.1) is 5.82 Å². The minimum absolute atomic E-state index is 0.0186. The van der Waals surface area contributed by atoms with Gasteiger partial charge >= 0.3 is 12.3 Å². The minimum Gasteiger partial charge on any atom is -0.484 e. The number of pyridine rings is 1. The Morgan fingerprint density at radius 2 is 1.88 bits per heavy atom. The number of nitrogens with one attached hydrogen (secondary N) is 1. The Labute approximate surface area is 194 Å². The van der Waals surface area contributed by atoms with Gasteiger partial charge in [-0.25, -0.2) is 9.37 Å². The van der Waals surface area contributed by atoms with Gasteiger partial charge in [-0.05, 0) is 43.5 Å². The highest BCUT2D eigenvalue weighted by atomic mass is 35.5. The van der Waals surface area contributed by atoms with E-state index < -0.39 is 23.2 Å². The van der Waals surface area contributed by atoms with Gasteiger partial charge in [0.15, 0.2) is 12.4 Å². The maximum absolute atomic E-state index is 13.4. The first-order valence-electron chi connectivity index (χ1n) is 10.00. The molecule has 0 spiro atoms. The number of benzene rings is 1. The summed E-state index contributed by atoms with van der Waals surface area (Å²) in [4.78, 5) is 15.5. The quantitative estimate of drug-likeness (QED) is 0.481. The van der Waals surface area contributed by atoms with Gasteiger partial charge in [0.05, 0.1) is 16.6 Å². The second-order valence-corrected chi connectivity index (χ2v) is 8.76. The molecule has 0 unspecified atom stereocenters. The van der Waals surface area contributed by atoms with E-state index in [0.717, 1.165) is 24.4 Å². The summed E-state index contributed by atoms with van der Waals surface area (Å²) in [7, 11) is 0. The number of aromatic nitrogens is 3. The minimum atomic E-state index is -4.55. The Morgan fingerprint density at radius 3 is 2.53 bits per heavy atom. The van der Waals surface area contributed by atoms with Crippen molar-refractivity contribution in [2.45, 2.75) is 36.4 Å². The van der Waals surface area contributed by atoms with E-state index in [1.54, 1.807) is 0 Å². The summed E-state index contributed by atoms with van der Waals surface area (Å²) < 4.78 is 67.3. The Kier molecular flexibility index (Phi) is 5.15. The molecule has 1 N–H and O–H groups in total.